The lowest BCUT2D eigenvalue weighted by Crippen LogP contribution is -2.51. The maximum Gasteiger partial charge on any atom is 0.315 e. The molecule has 1 aromatic carbocycles. The summed E-state index contributed by atoms with van der Waals surface area (Å²) < 4.78 is 0. The van der Waals surface area contributed by atoms with E-state index in [9.17, 15) is 14.4 Å². The fraction of sp³-hybridized carbons (Fsp3) is 0.609. The number of carbonyl (C=O) groups excluding carboxylic acids is 3. The fourth-order valence-electron chi connectivity index (χ4n) is 4.24. The fourth-order valence-corrected chi connectivity index (χ4v) is 5.19. The van der Waals surface area contributed by atoms with Gasteiger partial charge in [-0.2, -0.15) is 0 Å². The summed E-state index contributed by atoms with van der Waals surface area (Å²) in [6.07, 6.45) is 7.38. The third-order valence-electron chi connectivity index (χ3n) is 5.92. The Kier molecular flexibility index (Phi) is 8.63. The third kappa shape index (κ3) is 7.45. The second-order valence-electron chi connectivity index (χ2n) is 8.52. The van der Waals surface area contributed by atoms with Crippen LogP contribution in [-0.2, 0) is 9.59 Å². The minimum absolute atomic E-state index is 0.0664. The van der Waals surface area contributed by atoms with Gasteiger partial charge in [-0.1, -0.05) is 19.3 Å². The molecule has 1 saturated carbocycles. The highest BCUT2D eigenvalue weighted by Crippen LogP contribution is 2.27. The van der Waals surface area contributed by atoms with Crippen LogP contribution >= 0.6 is 11.8 Å². The summed E-state index contributed by atoms with van der Waals surface area (Å²) in [6.45, 7) is 4.74. The molecule has 1 aliphatic carbocycles. The Morgan fingerprint density at radius 3 is 2.10 bits per heavy atom. The van der Waals surface area contributed by atoms with Gasteiger partial charge in [0.05, 0.1) is 5.25 Å². The number of piperidine rings is 1. The minimum atomic E-state index is -0.189. The standard InChI is InChI=1S/C23H34N4O3S/c1-16(31-21-10-8-19(9-11-21)24-17(2)28)22(29)27-14-12-20(13-15-27)26-23(30)25-18-6-4-3-5-7-18/h8-11,16,18,20H,3-7,12-15H2,1-2H3,(H,24,28)(H2,25,26,30). The van der Waals surface area contributed by atoms with Crippen LogP contribution < -0.4 is 16.0 Å². The molecule has 3 rings (SSSR count). The van der Waals surface area contributed by atoms with E-state index >= 15 is 0 Å². The van der Waals surface area contributed by atoms with Gasteiger partial charge in [0.15, 0.2) is 0 Å². The molecular weight excluding hydrogens is 412 g/mol. The van der Waals surface area contributed by atoms with E-state index in [1.54, 1.807) is 0 Å². The SMILES string of the molecule is CC(=O)Nc1ccc(SC(C)C(=O)N2CCC(NC(=O)NC3CCCCC3)CC2)cc1. The number of carbonyl (C=O) groups is 3. The molecule has 1 heterocycles. The summed E-state index contributed by atoms with van der Waals surface area (Å²) in [5.74, 6) is 0.0225. The molecular formula is C23H34N4O3S. The van der Waals surface area contributed by atoms with E-state index < -0.39 is 0 Å². The number of thioether (sulfide) groups is 1. The summed E-state index contributed by atoms with van der Waals surface area (Å²) in [7, 11) is 0. The first-order chi connectivity index (χ1) is 14.9. The summed E-state index contributed by atoms with van der Waals surface area (Å²) in [5.41, 5.74) is 0.748. The molecule has 0 bridgehead atoms. The van der Waals surface area contributed by atoms with E-state index in [0.29, 0.717) is 19.1 Å². The number of nitrogens with zero attached hydrogens (tertiary/aromatic N) is 1. The maximum atomic E-state index is 12.9. The number of rotatable bonds is 6. The summed E-state index contributed by atoms with van der Waals surface area (Å²) in [4.78, 5) is 39.1. The van der Waals surface area contributed by atoms with Crippen molar-refractivity contribution in [2.75, 3.05) is 18.4 Å². The summed E-state index contributed by atoms with van der Waals surface area (Å²) in [5, 5.41) is 8.75. The normalized spacial score (nSPS) is 18.8. The average molecular weight is 447 g/mol. The Balaban J connectivity index is 1.39. The molecule has 1 atom stereocenters. The third-order valence-corrected chi connectivity index (χ3v) is 7.02. The monoisotopic (exact) mass is 446 g/mol. The van der Waals surface area contributed by atoms with Crippen molar-refractivity contribution in [3.05, 3.63) is 24.3 Å². The number of anilines is 1. The molecule has 170 valence electrons. The van der Waals surface area contributed by atoms with Crippen molar-refractivity contribution in [2.24, 2.45) is 0 Å². The van der Waals surface area contributed by atoms with Gasteiger partial charge in [-0.15, -0.1) is 11.8 Å². The predicted octanol–water partition coefficient (Wildman–Crippen LogP) is 3.75. The quantitative estimate of drug-likeness (QED) is 0.581. The summed E-state index contributed by atoms with van der Waals surface area (Å²) in [6, 6.07) is 7.88. The molecule has 31 heavy (non-hydrogen) atoms. The van der Waals surface area contributed by atoms with Crippen molar-refractivity contribution in [3.63, 3.8) is 0 Å². The van der Waals surface area contributed by atoms with Crippen molar-refractivity contribution >= 4 is 35.3 Å². The van der Waals surface area contributed by atoms with E-state index in [1.807, 2.05) is 36.1 Å². The van der Waals surface area contributed by atoms with Crippen LogP contribution in [0.3, 0.4) is 0 Å². The van der Waals surface area contributed by atoms with E-state index in [4.69, 9.17) is 0 Å². The van der Waals surface area contributed by atoms with Gasteiger partial charge in [0.2, 0.25) is 11.8 Å². The van der Waals surface area contributed by atoms with Crippen molar-refractivity contribution in [2.45, 2.75) is 81.0 Å². The Hall–Kier alpha value is -2.22. The smallest absolute Gasteiger partial charge is 0.315 e. The average Bonchev–Trinajstić information content (AvgIpc) is 2.75. The first kappa shape index (κ1) is 23.4. The largest absolute Gasteiger partial charge is 0.342 e. The minimum Gasteiger partial charge on any atom is -0.342 e. The number of amides is 4. The van der Waals surface area contributed by atoms with E-state index in [1.165, 1.54) is 37.9 Å². The molecule has 0 spiro atoms. The van der Waals surface area contributed by atoms with Crippen LogP contribution in [0.2, 0.25) is 0 Å². The zero-order valence-electron chi connectivity index (χ0n) is 18.5. The van der Waals surface area contributed by atoms with Crippen molar-refractivity contribution in [1.29, 1.82) is 0 Å². The molecule has 2 fully saturated rings. The van der Waals surface area contributed by atoms with Crippen molar-refractivity contribution in [1.82, 2.24) is 15.5 Å². The molecule has 3 N–H and O–H groups in total. The van der Waals surface area contributed by atoms with E-state index in [0.717, 1.165) is 36.3 Å². The highest BCUT2D eigenvalue weighted by Gasteiger charge is 2.27. The lowest BCUT2D eigenvalue weighted by Gasteiger charge is -2.34. The second-order valence-corrected chi connectivity index (χ2v) is 9.93. The molecule has 0 radical (unpaired) electrons. The first-order valence-electron chi connectivity index (χ1n) is 11.3. The molecule has 1 aliphatic heterocycles. The zero-order valence-corrected chi connectivity index (χ0v) is 19.3. The number of urea groups is 1. The Morgan fingerprint density at radius 2 is 1.52 bits per heavy atom. The highest BCUT2D eigenvalue weighted by atomic mass is 32.2. The van der Waals surface area contributed by atoms with E-state index in [-0.39, 0.29) is 29.1 Å². The van der Waals surface area contributed by atoms with Gasteiger partial charge in [0, 0.05) is 42.7 Å². The van der Waals surface area contributed by atoms with Crippen LogP contribution in [0.5, 0.6) is 0 Å². The van der Waals surface area contributed by atoms with Gasteiger partial charge in [0.25, 0.3) is 0 Å². The maximum absolute atomic E-state index is 12.9. The van der Waals surface area contributed by atoms with Crippen LogP contribution in [-0.4, -0.2) is 53.2 Å². The van der Waals surface area contributed by atoms with Gasteiger partial charge < -0.3 is 20.9 Å². The number of likely N-dealkylation sites (tertiary alicyclic amines) is 1. The molecule has 0 aromatic heterocycles. The van der Waals surface area contributed by atoms with E-state index in [2.05, 4.69) is 16.0 Å². The topological polar surface area (TPSA) is 90.5 Å². The number of hydrogen-bond acceptors (Lipinski definition) is 4. The number of hydrogen-bond donors (Lipinski definition) is 3. The Labute approximate surface area is 189 Å². The second kappa shape index (κ2) is 11.4. The van der Waals surface area contributed by atoms with Crippen LogP contribution in [0, 0.1) is 0 Å². The van der Waals surface area contributed by atoms with Gasteiger partial charge in [-0.05, 0) is 56.9 Å². The molecule has 4 amide bonds. The summed E-state index contributed by atoms with van der Waals surface area (Å²) >= 11 is 1.52. The van der Waals surface area contributed by atoms with Gasteiger partial charge >= 0.3 is 6.03 Å². The predicted molar refractivity (Wildman–Crippen MR) is 124 cm³/mol. The molecule has 8 heteroatoms. The lowest BCUT2D eigenvalue weighted by atomic mass is 9.96. The number of nitrogens with one attached hydrogen (secondary N) is 3. The molecule has 2 aliphatic rings. The first-order valence-corrected chi connectivity index (χ1v) is 12.2. The molecule has 1 saturated heterocycles. The van der Waals surface area contributed by atoms with Crippen molar-refractivity contribution in [3.8, 4) is 0 Å². The Morgan fingerprint density at radius 1 is 0.935 bits per heavy atom. The Bertz CT molecular complexity index is 757. The number of benzene rings is 1. The van der Waals surface area contributed by atoms with Gasteiger partial charge in [0.1, 0.15) is 0 Å². The zero-order chi connectivity index (χ0) is 22.2. The molecule has 1 aromatic rings. The van der Waals surface area contributed by atoms with Crippen LogP contribution in [0.4, 0.5) is 10.5 Å². The van der Waals surface area contributed by atoms with Crippen LogP contribution in [0.25, 0.3) is 0 Å². The molecule has 1 unspecified atom stereocenters. The molecule has 7 nitrogen and oxygen atoms in total. The van der Waals surface area contributed by atoms with Gasteiger partial charge in [-0.3, -0.25) is 9.59 Å². The lowest BCUT2D eigenvalue weighted by molar-refractivity contribution is -0.131. The highest BCUT2D eigenvalue weighted by molar-refractivity contribution is 8.00. The van der Waals surface area contributed by atoms with Crippen LogP contribution in [0.1, 0.15) is 58.8 Å². The van der Waals surface area contributed by atoms with Crippen LogP contribution in [0.15, 0.2) is 29.2 Å². The van der Waals surface area contributed by atoms with Gasteiger partial charge in [-0.25, -0.2) is 4.79 Å². The van der Waals surface area contributed by atoms with Crippen molar-refractivity contribution < 1.29 is 14.4 Å².